The Balaban J connectivity index is 1.87. The third kappa shape index (κ3) is 3.56. The monoisotopic (exact) mass is 357 g/mol. The summed E-state index contributed by atoms with van der Waals surface area (Å²) in [4.78, 5) is 27.4. The lowest BCUT2D eigenvalue weighted by Crippen LogP contribution is -2.14. The van der Waals surface area contributed by atoms with Crippen LogP contribution in [0.5, 0.6) is 0 Å². The molecule has 2 heterocycles. The molecule has 0 aliphatic carbocycles. The summed E-state index contributed by atoms with van der Waals surface area (Å²) in [5, 5.41) is 18.8. The number of amides is 1. The van der Waals surface area contributed by atoms with Crippen molar-refractivity contribution in [2.45, 2.75) is 20.3 Å². The maximum atomic E-state index is 12.4. The van der Waals surface area contributed by atoms with Crippen LogP contribution in [0.4, 0.5) is 11.5 Å². The molecule has 0 fully saturated rings. The average molecular weight is 357 g/mol. The fourth-order valence-electron chi connectivity index (χ4n) is 2.26. The third-order valence-corrected chi connectivity index (χ3v) is 4.60. The molecule has 0 unspecified atom stereocenters. The second-order valence-electron chi connectivity index (χ2n) is 5.28. The smallest absolute Gasteiger partial charge is 0.269 e. The zero-order valence-electron chi connectivity index (χ0n) is 13.6. The maximum absolute atomic E-state index is 12.4. The van der Waals surface area contributed by atoms with Gasteiger partial charge in [-0.25, -0.2) is 9.67 Å². The first-order valence-electron chi connectivity index (χ1n) is 7.55. The summed E-state index contributed by atoms with van der Waals surface area (Å²) in [6.07, 6.45) is 2.33. The number of aryl methyl sites for hydroxylation is 2. The van der Waals surface area contributed by atoms with Crippen LogP contribution < -0.4 is 5.32 Å². The number of rotatable bonds is 5. The summed E-state index contributed by atoms with van der Waals surface area (Å²) in [5.74, 6) is 0.225. The lowest BCUT2D eigenvalue weighted by molar-refractivity contribution is -0.384. The van der Waals surface area contributed by atoms with E-state index in [1.54, 1.807) is 36.0 Å². The minimum atomic E-state index is -0.462. The molecule has 1 amide bonds. The van der Waals surface area contributed by atoms with Crippen molar-refractivity contribution in [3.63, 3.8) is 0 Å². The van der Waals surface area contributed by atoms with E-state index in [-0.39, 0.29) is 11.6 Å². The molecule has 0 saturated carbocycles. The van der Waals surface area contributed by atoms with E-state index in [2.05, 4.69) is 15.4 Å². The number of anilines is 1. The van der Waals surface area contributed by atoms with Gasteiger partial charge < -0.3 is 5.32 Å². The minimum absolute atomic E-state index is 0.00466. The lowest BCUT2D eigenvalue weighted by Gasteiger charge is -2.08. The van der Waals surface area contributed by atoms with Crippen LogP contribution in [0.1, 0.15) is 27.3 Å². The molecule has 9 heteroatoms. The molecule has 0 atom stereocenters. The van der Waals surface area contributed by atoms with Gasteiger partial charge in [-0.1, -0.05) is 6.92 Å². The highest BCUT2D eigenvalue weighted by Crippen LogP contribution is 2.21. The predicted octanol–water partition coefficient (Wildman–Crippen LogP) is 3.36. The van der Waals surface area contributed by atoms with Gasteiger partial charge in [0, 0.05) is 18.2 Å². The highest BCUT2D eigenvalue weighted by molar-refractivity contribution is 7.13. The Morgan fingerprint density at radius 3 is 2.68 bits per heavy atom. The number of hydrogen-bond acceptors (Lipinski definition) is 6. The van der Waals surface area contributed by atoms with Crippen molar-refractivity contribution in [1.29, 1.82) is 0 Å². The van der Waals surface area contributed by atoms with Gasteiger partial charge in [-0.2, -0.15) is 5.10 Å². The number of benzene rings is 1. The van der Waals surface area contributed by atoms with Gasteiger partial charge in [-0.05, 0) is 25.5 Å². The van der Waals surface area contributed by atoms with Crippen LogP contribution >= 0.6 is 11.3 Å². The van der Waals surface area contributed by atoms with E-state index in [1.165, 1.54) is 23.5 Å². The number of nitrogens with zero attached hydrogens (tertiary/aromatic N) is 4. The normalized spacial score (nSPS) is 10.6. The molecule has 0 radical (unpaired) electrons. The predicted molar refractivity (Wildman–Crippen MR) is 94.4 cm³/mol. The molecule has 0 spiro atoms. The molecule has 1 aromatic carbocycles. The molecule has 3 rings (SSSR count). The summed E-state index contributed by atoms with van der Waals surface area (Å²) < 4.78 is 1.54. The van der Waals surface area contributed by atoms with Crippen LogP contribution in [0, 0.1) is 17.0 Å². The number of nitro benzene ring substituents is 1. The summed E-state index contributed by atoms with van der Waals surface area (Å²) in [7, 11) is 0. The molecular formula is C16H15N5O3S. The van der Waals surface area contributed by atoms with Crippen LogP contribution in [0.3, 0.4) is 0 Å². The molecule has 25 heavy (non-hydrogen) atoms. The molecule has 0 saturated heterocycles. The van der Waals surface area contributed by atoms with E-state index in [4.69, 9.17) is 0 Å². The Bertz CT molecular complexity index is 930. The van der Waals surface area contributed by atoms with Gasteiger partial charge in [0.05, 0.1) is 27.5 Å². The zero-order valence-corrected chi connectivity index (χ0v) is 14.4. The first kappa shape index (κ1) is 16.8. The fourth-order valence-corrected chi connectivity index (χ4v) is 3.01. The standard InChI is InChI=1S/C16H15N5O3S/c1-3-15-17-9-13(25-15)16(22)18-14-8-10(2)19-20(14)11-4-6-12(7-5-11)21(23)24/h4-9H,3H2,1-2H3,(H,18,22). The number of nitro groups is 1. The van der Waals surface area contributed by atoms with Crippen molar-refractivity contribution < 1.29 is 9.72 Å². The fraction of sp³-hybridized carbons (Fsp3) is 0.188. The van der Waals surface area contributed by atoms with E-state index in [9.17, 15) is 14.9 Å². The van der Waals surface area contributed by atoms with Gasteiger partial charge in [-0.15, -0.1) is 11.3 Å². The van der Waals surface area contributed by atoms with Crippen molar-refractivity contribution >= 4 is 28.7 Å². The largest absolute Gasteiger partial charge is 0.306 e. The summed E-state index contributed by atoms with van der Waals surface area (Å²) in [6.45, 7) is 3.78. The molecule has 0 aliphatic heterocycles. The summed E-state index contributed by atoms with van der Waals surface area (Å²) in [6, 6.07) is 7.70. The number of carbonyl (C=O) groups is 1. The minimum Gasteiger partial charge on any atom is -0.306 e. The van der Waals surface area contributed by atoms with Crippen LogP contribution in [-0.2, 0) is 6.42 Å². The Morgan fingerprint density at radius 2 is 2.08 bits per heavy atom. The zero-order chi connectivity index (χ0) is 18.0. The van der Waals surface area contributed by atoms with Crippen molar-refractivity contribution in [3.05, 3.63) is 62.2 Å². The number of thiazole rings is 1. The Hall–Kier alpha value is -3.07. The molecule has 3 aromatic rings. The number of nitrogens with one attached hydrogen (secondary N) is 1. The molecule has 128 valence electrons. The molecule has 0 aliphatic rings. The number of hydrogen-bond donors (Lipinski definition) is 1. The summed E-state index contributed by atoms with van der Waals surface area (Å²) >= 11 is 1.35. The molecule has 1 N–H and O–H groups in total. The lowest BCUT2D eigenvalue weighted by atomic mass is 10.3. The quantitative estimate of drug-likeness (QED) is 0.557. The van der Waals surface area contributed by atoms with E-state index in [1.807, 2.05) is 6.92 Å². The van der Waals surface area contributed by atoms with Gasteiger partial charge in [-0.3, -0.25) is 14.9 Å². The van der Waals surface area contributed by atoms with Crippen molar-refractivity contribution in [2.75, 3.05) is 5.32 Å². The Labute approximate surface area is 147 Å². The summed E-state index contributed by atoms with van der Waals surface area (Å²) in [5.41, 5.74) is 1.33. The van der Waals surface area contributed by atoms with Gasteiger partial charge in [0.1, 0.15) is 10.7 Å². The second kappa shape index (κ2) is 6.81. The molecular weight excluding hydrogens is 342 g/mol. The van der Waals surface area contributed by atoms with Gasteiger partial charge in [0.25, 0.3) is 11.6 Å². The highest BCUT2D eigenvalue weighted by atomic mass is 32.1. The first-order valence-corrected chi connectivity index (χ1v) is 8.37. The molecule has 0 bridgehead atoms. The van der Waals surface area contributed by atoms with E-state index < -0.39 is 4.92 Å². The van der Waals surface area contributed by atoms with Gasteiger partial charge in [0.15, 0.2) is 0 Å². The van der Waals surface area contributed by atoms with Gasteiger partial charge >= 0.3 is 0 Å². The SMILES string of the molecule is CCc1ncc(C(=O)Nc2cc(C)nn2-c2ccc([N+](=O)[O-])cc2)s1. The van der Waals surface area contributed by atoms with Crippen molar-refractivity contribution in [1.82, 2.24) is 14.8 Å². The topological polar surface area (TPSA) is 103 Å². The number of non-ortho nitro benzene ring substituents is 1. The van der Waals surface area contributed by atoms with Gasteiger partial charge in [0.2, 0.25) is 0 Å². The van der Waals surface area contributed by atoms with Crippen molar-refractivity contribution in [2.24, 2.45) is 0 Å². The van der Waals surface area contributed by atoms with E-state index >= 15 is 0 Å². The highest BCUT2D eigenvalue weighted by Gasteiger charge is 2.15. The third-order valence-electron chi connectivity index (χ3n) is 3.46. The molecule has 8 nitrogen and oxygen atoms in total. The van der Waals surface area contributed by atoms with Crippen LogP contribution in [0.15, 0.2) is 36.5 Å². The van der Waals surface area contributed by atoms with E-state index in [0.29, 0.717) is 22.1 Å². The number of aromatic nitrogens is 3. The first-order chi connectivity index (χ1) is 12.0. The average Bonchev–Trinajstić information content (AvgIpc) is 3.21. The Morgan fingerprint density at radius 1 is 1.36 bits per heavy atom. The number of carbonyl (C=O) groups excluding carboxylic acids is 1. The van der Waals surface area contributed by atoms with Crippen molar-refractivity contribution in [3.8, 4) is 5.69 Å². The van der Waals surface area contributed by atoms with Crippen LogP contribution in [0.2, 0.25) is 0 Å². The maximum Gasteiger partial charge on any atom is 0.269 e. The van der Waals surface area contributed by atoms with Crippen LogP contribution in [-0.4, -0.2) is 25.6 Å². The van der Waals surface area contributed by atoms with Crippen LogP contribution in [0.25, 0.3) is 5.69 Å². The van der Waals surface area contributed by atoms with E-state index in [0.717, 1.165) is 11.4 Å². The second-order valence-corrected chi connectivity index (χ2v) is 6.40. The molecule has 2 aromatic heterocycles. The Kier molecular flexibility index (Phi) is 4.57.